The number of halogens is 3. The number of aryl methyl sites for hydroxylation is 1. The number of alkyl halides is 3. The summed E-state index contributed by atoms with van der Waals surface area (Å²) >= 11 is 1.10. The van der Waals surface area contributed by atoms with Crippen molar-refractivity contribution >= 4 is 33.1 Å². The van der Waals surface area contributed by atoms with Gasteiger partial charge < -0.3 is 10.6 Å². The van der Waals surface area contributed by atoms with Crippen LogP contribution in [0.2, 0.25) is 0 Å². The smallest absolute Gasteiger partial charge is 0.390 e. The molecule has 2 rings (SSSR count). The van der Waals surface area contributed by atoms with E-state index in [1.54, 1.807) is 12.1 Å². The topological polar surface area (TPSA) is 59.2 Å². The van der Waals surface area contributed by atoms with E-state index in [1.807, 2.05) is 6.92 Å². The molecule has 0 aromatic carbocycles. The second-order valence-corrected chi connectivity index (χ2v) is 5.74. The molecule has 2 aromatic rings. The fourth-order valence-corrected chi connectivity index (χ4v) is 2.95. The molecule has 2 heterocycles. The molecule has 21 heavy (non-hydrogen) atoms. The summed E-state index contributed by atoms with van der Waals surface area (Å²) in [6, 6.07) is 3.53. The Morgan fingerprint density at radius 3 is 2.71 bits per heavy atom. The number of hydrogen-bond donors (Lipinski definition) is 1. The van der Waals surface area contributed by atoms with Gasteiger partial charge in [-0.05, 0) is 19.1 Å². The number of hydrogen-bond acceptors (Lipinski definition) is 4. The van der Waals surface area contributed by atoms with E-state index >= 15 is 0 Å². The number of thiophene rings is 1. The van der Waals surface area contributed by atoms with Gasteiger partial charge in [0.15, 0.2) is 0 Å². The first-order valence-corrected chi connectivity index (χ1v) is 6.98. The lowest BCUT2D eigenvalue weighted by Gasteiger charge is -2.17. The quantitative estimate of drug-likeness (QED) is 0.945. The normalized spacial score (nSPS) is 11.9. The molecule has 0 aliphatic carbocycles. The number of pyridine rings is 1. The molecule has 2 aromatic heterocycles. The lowest BCUT2D eigenvalue weighted by atomic mass is 10.2. The SMILES string of the molecule is Cc1ccc2c(N)c(C(=O)N(C)CCC(F)(F)F)sc2n1. The number of amides is 1. The first-order chi connectivity index (χ1) is 9.69. The standard InChI is InChI=1S/C13H14F3N3OS/c1-7-3-4-8-9(17)10(21-11(8)18-7)12(20)19(2)6-5-13(14,15)16/h3-4H,5-6,17H2,1-2H3. The molecule has 0 atom stereocenters. The first-order valence-electron chi connectivity index (χ1n) is 6.17. The number of nitrogens with two attached hydrogens (primary N) is 1. The van der Waals surface area contributed by atoms with Crippen LogP contribution in [-0.2, 0) is 0 Å². The molecule has 2 N–H and O–H groups in total. The molecule has 0 bridgehead atoms. The summed E-state index contributed by atoms with van der Waals surface area (Å²) in [5.74, 6) is -0.516. The van der Waals surface area contributed by atoms with E-state index in [0.717, 1.165) is 21.9 Å². The van der Waals surface area contributed by atoms with E-state index in [9.17, 15) is 18.0 Å². The van der Waals surface area contributed by atoms with Crippen LogP contribution in [0.4, 0.5) is 18.9 Å². The highest BCUT2D eigenvalue weighted by Crippen LogP contribution is 2.33. The minimum absolute atomic E-state index is 0.229. The molecule has 4 nitrogen and oxygen atoms in total. The molecular weight excluding hydrogens is 303 g/mol. The zero-order chi connectivity index (χ0) is 15.8. The van der Waals surface area contributed by atoms with Crippen LogP contribution in [0.3, 0.4) is 0 Å². The molecule has 0 spiro atoms. The van der Waals surface area contributed by atoms with Gasteiger partial charge in [-0.15, -0.1) is 11.3 Å². The lowest BCUT2D eigenvalue weighted by molar-refractivity contribution is -0.136. The summed E-state index contributed by atoms with van der Waals surface area (Å²) in [6.45, 7) is 1.41. The Kier molecular flexibility index (Phi) is 4.08. The van der Waals surface area contributed by atoms with Crippen LogP contribution in [0.15, 0.2) is 12.1 Å². The summed E-state index contributed by atoms with van der Waals surface area (Å²) in [5.41, 5.74) is 6.97. The van der Waals surface area contributed by atoms with Crippen LogP contribution in [0, 0.1) is 6.92 Å². The molecule has 0 saturated carbocycles. The Balaban J connectivity index is 2.25. The lowest BCUT2D eigenvalue weighted by Crippen LogP contribution is -2.30. The summed E-state index contributed by atoms with van der Waals surface area (Å²) in [4.78, 5) is 18.3. The van der Waals surface area contributed by atoms with Gasteiger partial charge in [-0.3, -0.25) is 4.79 Å². The maximum Gasteiger partial charge on any atom is 0.390 e. The van der Waals surface area contributed by atoms with Crippen molar-refractivity contribution in [3.8, 4) is 0 Å². The van der Waals surface area contributed by atoms with Crippen LogP contribution in [-0.4, -0.2) is 35.6 Å². The molecule has 0 aliphatic rings. The maximum atomic E-state index is 12.2. The van der Waals surface area contributed by atoms with E-state index in [2.05, 4.69) is 4.98 Å². The van der Waals surface area contributed by atoms with Gasteiger partial charge in [0, 0.05) is 24.7 Å². The molecule has 0 unspecified atom stereocenters. The van der Waals surface area contributed by atoms with Crippen molar-refractivity contribution in [1.29, 1.82) is 0 Å². The molecule has 0 fully saturated rings. The van der Waals surface area contributed by atoms with Gasteiger partial charge in [0.05, 0.1) is 12.1 Å². The third kappa shape index (κ3) is 3.44. The number of anilines is 1. The predicted molar refractivity (Wildman–Crippen MR) is 76.4 cm³/mol. The van der Waals surface area contributed by atoms with Gasteiger partial charge in [0.1, 0.15) is 9.71 Å². The van der Waals surface area contributed by atoms with Gasteiger partial charge in [0.2, 0.25) is 0 Å². The Morgan fingerprint density at radius 2 is 2.10 bits per heavy atom. The molecular formula is C13H14F3N3OS. The number of fused-ring (bicyclic) bond motifs is 1. The number of rotatable bonds is 3. The van der Waals surface area contributed by atoms with Crippen molar-refractivity contribution in [1.82, 2.24) is 9.88 Å². The van der Waals surface area contributed by atoms with Crippen LogP contribution >= 0.6 is 11.3 Å². The van der Waals surface area contributed by atoms with Gasteiger partial charge in [-0.2, -0.15) is 13.2 Å². The third-order valence-electron chi connectivity index (χ3n) is 3.00. The second kappa shape index (κ2) is 5.51. The van der Waals surface area contributed by atoms with Crippen LogP contribution < -0.4 is 5.73 Å². The second-order valence-electron chi connectivity index (χ2n) is 4.74. The molecule has 1 amide bonds. The number of nitrogen functional groups attached to an aromatic ring is 1. The average Bonchev–Trinajstić information content (AvgIpc) is 2.71. The van der Waals surface area contributed by atoms with Crippen molar-refractivity contribution in [2.24, 2.45) is 0 Å². The van der Waals surface area contributed by atoms with Gasteiger partial charge in [0.25, 0.3) is 5.91 Å². The molecule has 0 aliphatic heterocycles. The van der Waals surface area contributed by atoms with Crippen molar-refractivity contribution in [2.75, 3.05) is 19.3 Å². The predicted octanol–water partition coefficient (Wildman–Crippen LogP) is 3.21. The van der Waals surface area contributed by atoms with E-state index in [4.69, 9.17) is 5.73 Å². The van der Waals surface area contributed by atoms with E-state index < -0.39 is 25.0 Å². The van der Waals surface area contributed by atoms with Crippen molar-refractivity contribution in [3.63, 3.8) is 0 Å². The fraction of sp³-hybridized carbons (Fsp3) is 0.385. The molecule has 0 saturated heterocycles. The molecule has 8 heteroatoms. The Hall–Kier alpha value is -1.83. The Labute approximate surface area is 123 Å². The highest BCUT2D eigenvalue weighted by atomic mass is 32.1. The van der Waals surface area contributed by atoms with Gasteiger partial charge in [-0.1, -0.05) is 0 Å². The van der Waals surface area contributed by atoms with Gasteiger partial charge >= 0.3 is 6.18 Å². The first kappa shape index (κ1) is 15.6. The van der Waals surface area contributed by atoms with E-state index in [0.29, 0.717) is 10.2 Å². The zero-order valence-electron chi connectivity index (χ0n) is 11.5. The van der Waals surface area contributed by atoms with Gasteiger partial charge in [-0.25, -0.2) is 4.98 Å². The Morgan fingerprint density at radius 1 is 1.43 bits per heavy atom. The number of carbonyl (C=O) groups excluding carboxylic acids is 1. The maximum absolute atomic E-state index is 12.2. The van der Waals surface area contributed by atoms with Crippen LogP contribution in [0.25, 0.3) is 10.2 Å². The monoisotopic (exact) mass is 317 g/mol. The average molecular weight is 317 g/mol. The van der Waals surface area contributed by atoms with Crippen LogP contribution in [0.5, 0.6) is 0 Å². The van der Waals surface area contributed by atoms with Crippen molar-refractivity contribution < 1.29 is 18.0 Å². The minimum atomic E-state index is -4.29. The fourth-order valence-electron chi connectivity index (χ4n) is 1.82. The van der Waals surface area contributed by atoms with Crippen molar-refractivity contribution in [2.45, 2.75) is 19.5 Å². The minimum Gasteiger partial charge on any atom is -0.397 e. The summed E-state index contributed by atoms with van der Waals surface area (Å²) in [5, 5.41) is 0.651. The molecule has 0 radical (unpaired) electrons. The zero-order valence-corrected chi connectivity index (χ0v) is 12.3. The number of aromatic nitrogens is 1. The highest BCUT2D eigenvalue weighted by Gasteiger charge is 2.29. The third-order valence-corrected chi connectivity index (χ3v) is 4.11. The van der Waals surface area contributed by atoms with Crippen LogP contribution in [0.1, 0.15) is 21.8 Å². The summed E-state index contributed by atoms with van der Waals surface area (Å²) in [7, 11) is 1.33. The van der Waals surface area contributed by atoms with E-state index in [-0.39, 0.29) is 10.6 Å². The summed E-state index contributed by atoms with van der Waals surface area (Å²) in [6.07, 6.45) is -5.34. The summed E-state index contributed by atoms with van der Waals surface area (Å²) < 4.78 is 36.6. The molecule has 114 valence electrons. The number of carbonyl (C=O) groups is 1. The number of nitrogens with zero attached hydrogens (tertiary/aromatic N) is 2. The largest absolute Gasteiger partial charge is 0.397 e. The highest BCUT2D eigenvalue weighted by molar-refractivity contribution is 7.21. The van der Waals surface area contributed by atoms with Crippen molar-refractivity contribution in [3.05, 3.63) is 22.7 Å². The van der Waals surface area contributed by atoms with E-state index in [1.165, 1.54) is 7.05 Å². The Bertz CT molecular complexity index is 681.